The van der Waals surface area contributed by atoms with Crippen LogP contribution in [0.15, 0.2) is 23.3 Å². The summed E-state index contributed by atoms with van der Waals surface area (Å²) in [5.41, 5.74) is 0. The van der Waals surface area contributed by atoms with Crippen LogP contribution in [0.4, 0.5) is 0 Å². The number of rotatable bonds is 0. The predicted octanol–water partition coefficient (Wildman–Crippen LogP) is 2.74. The fourth-order valence-electron chi connectivity index (χ4n) is 0.849. The minimum Gasteiger partial charge on any atom is -0.118 e. The Morgan fingerprint density at radius 2 is 2.36 bits per heavy atom. The van der Waals surface area contributed by atoms with Gasteiger partial charge in [0.15, 0.2) is 0 Å². The van der Waals surface area contributed by atoms with E-state index in [2.05, 4.69) is 12.8 Å². The summed E-state index contributed by atoms with van der Waals surface area (Å²) in [6.45, 7) is 3.79. The third-order valence-corrected chi connectivity index (χ3v) is 2.37. The van der Waals surface area contributed by atoms with Crippen LogP contribution in [0.2, 0.25) is 0 Å². The molecule has 0 aromatic heterocycles. The minimum absolute atomic E-state index is 0.160. The fourth-order valence-corrected chi connectivity index (χ4v) is 1.19. The van der Waals surface area contributed by atoms with Crippen LogP contribution in [0.3, 0.4) is 0 Å². The third kappa shape index (κ3) is 1.61. The molecule has 1 aliphatic rings. The zero-order chi connectivity index (χ0) is 8.48. The highest BCUT2D eigenvalue weighted by atomic mass is 35.5. The zero-order valence-corrected chi connectivity index (χ0v) is 7.36. The first-order valence-electron chi connectivity index (χ1n) is 3.15. The van der Waals surface area contributed by atoms with Gasteiger partial charge in [-0.15, -0.1) is 6.42 Å². The van der Waals surface area contributed by atoms with Crippen molar-refractivity contribution >= 4 is 23.2 Å². The SMILES string of the molecule is C#CC1(Cl)C=CC(Cl)=CC1[CH2]. The first-order valence-corrected chi connectivity index (χ1v) is 3.90. The van der Waals surface area contributed by atoms with Gasteiger partial charge < -0.3 is 0 Å². The van der Waals surface area contributed by atoms with Crippen molar-refractivity contribution in [1.29, 1.82) is 0 Å². The molecular weight excluding hydrogens is 179 g/mol. The van der Waals surface area contributed by atoms with Crippen LogP contribution >= 0.6 is 23.2 Å². The van der Waals surface area contributed by atoms with Gasteiger partial charge in [-0.2, -0.15) is 0 Å². The highest BCUT2D eigenvalue weighted by Gasteiger charge is 2.29. The quantitative estimate of drug-likeness (QED) is 0.403. The third-order valence-electron chi connectivity index (χ3n) is 1.61. The molecule has 0 fully saturated rings. The normalized spacial score (nSPS) is 36.2. The van der Waals surface area contributed by atoms with E-state index < -0.39 is 4.87 Å². The Morgan fingerprint density at radius 1 is 1.73 bits per heavy atom. The summed E-state index contributed by atoms with van der Waals surface area (Å²) < 4.78 is 0. The van der Waals surface area contributed by atoms with Gasteiger partial charge in [-0.05, 0) is 19.1 Å². The van der Waals surface area contributed by atoms with Gasteiger partial charge in [0.1, 0.15) is 4.87 Å². The van der Waals surface area contributed by atoms with Crippen molar-refractivity contribution in [3.63, 3.8) is 0 Å². The fraction of sp³-hybridized carbons (Fsp3) is 0.222. The Balaban J connectivity index is 2.95. The Morgan fingerprint density at radius 3 is 2.82 bits per heavy atom. The molecule has 1 rings (SSSR count). The molecule has 0 aliphatic heterocycles. The molecule has 0 aromatic carbocycles. The van der Waals surface area contributed by atoms with E-state index in [1.807, 2.05) is 0 Å². The van der Waals surface area contributed by atoms with Crippen molar-refractivity contribution in [3.05, 3.63) is 30.2 Å². The van der Waals surface area contributed by atoms with Crippen molar-refractivity contribution in [2.24, 2.45) is 5.92 Å². The van der Waals surface area contributed by atoms with E-state index in [1.165, 1.54) is 0 Å². The van der Waals surface area contributed by atoms with Crippen LogP contribution in [0.25, 0.3) is 0 Å². The van der Waals surface area contributed by atoms with Crippen LogP contribution in [0.5, 0.6) is 0 Å². The first-order chi connectivity index (χ1) is 5.08. The lowest BCUT2D eigenvalue weighted by Crippen LogP contribution is -2.26. The molecule has 0 N–H and O–H groups in total. The van der Waals surface area contributed by atoms with Crippen molar-refractivity contribution in [1.82, 2.24) is 0 Å². The van der Waals surface area contributed by atoms with E-state index in [9.17, 15) is 0 Å². The molecule has 0 bridgehead atoms. The summed E-state index contributed by atoms with van der Waals surface area (Å²) in [5, 5.41) is 0.636. The molecule has 2 heteroatoms. The lowest BCUT2D eigenvalue weighted by atomic mass is 9.90. The van der Waals surface area contributed by atoms with E-state index >= 15 is 0 Å². The number of hydrogen-bond acceptors (Lipinski definition) is 0. The average molecular weight is 186 g/mol. The maximum atomic E-state index is 5.99. The monoisotopic (exact) mass is 185 g/mol. The molecule has 0 aromatic rings. The molecular formula is C9H7Cl2. The second-order valence-electron chi connectivity index (χ2n) is 2.40. The van der Waals surface area contributed by atoms with Gasteiger partial charge in [0.2, 0.25) is 0 Å². The molecule has 0 saturated carbocycles. The maximum Gasteiger partial charge on any atom is 0.129 e. The van der Waals surface area contributed by atoms with Gasteiger partial charge in [-0.1, -0.05) is 35.2 Å². The van der Waals surface area contributed by atoms with Crippen molar-refractivity contribution in [2.45, 2.75) is 4.87 Å². The van der Waals surface area contributed by atoms with Crippen LogP contribution in [-0.2, 0) is 0 Å². The van der Waals surface area contributed by atoms with Gasteiger partial charge in [-0.3, -0.25) is 0 Å². The second-order valence-corrected chi connectivity index (χ2v) is 3.47. The summed E-state index contributed by atoms with van der Waals surface area (Å²) in [7, 11) is 0. The van der Waals surface area contributed by atoms with E-state index in [0.717, 1.165) is 0 Å². The summed E-state index contributed by atoms with van der Waals surface area (Å²) >= 11 is 11.7. The summed E-state index contributed by atoms with van der Waals surface area (Å²) in [6.07, 6.45) is 10.4. The summed E-state index contributed by atoms with van der Waals surface area (Å²) in [6, 6.07) is 0. The molecule has 0 nitrogen and oxygen atoms in total. The Kier molecular flexibility index (Phi) is 2.32. The number of terminal acetylenes is 1. The average Bonchev–Trinajstić information content (AvgIpc) is 1.98. The van der Waals surface area contributed by atoms with Crippen LogP contribution in [0.1, 0.15) is 0 Å². The molecule has 0 amide bonds. The van der Waals surface area contributed by atoms with E-state index in [-0.39, 0.29) is 5.92 Å². The van der Waals surface area contributed by atoms with Gasteiger partial charge in [0.05, 0.1) is 0 Å². The largest absolute Gasteiger partial charge is 0.129 e. The Hall–Kier alpha value is -0.380. The molecule has 11 heavy (non-hydrogen) atoms. The Labute approximate surface area is 76.9 Å². The Bertz CT molecular complexity index is 257. The highest BCUT2D eigenvalue weighted by molar-refractivity contribution is 6.32. The van der Waals surface area contributed by atoms with Crippen molar-refractivity contribution in [2.75, 3.05) is 0 Å². The molecule has 0 heterocycles. The second kappa shape index (κ2) is 2.93. The zero-order valence-electron chi connectivity index (χ0n) is 5.85. The lowest BCUT2D eigenvalue weighted by Gasteiger charge is -2.24. The molecule has 2 atom stereocenters. The number of alkyl halides is 1. The molecule has 1 radical (unpaired) electrons. The van der Waals surface area contributed by atoms with Gasteiger partial charge in [0, 0.05) is 11.0 Å². The summed E-state index contributed by atoms with van der Waals surface area (Å²) in [5.74, 6) is 2.30. The summed E-state index contributed by atoms with van der Waals surface area (Å²) in [4.78, 5) is -0.793. The first kappa shape index (κ1) is 8.71. The molecule has 0 spiro atoms. The molecule has 0 saturated heterocycles. The number of halogens is 2. The van der Waals surface area contributed by atoms with Crippen molar-refractivity contribution < 1.29 is 0 Å². The van der Waals surface area contributed by atoms with Crippen LogP contribution < -0.4 is 0 Å². The van der Waals surface area contributed by atoms with E-state index in [0.29, 0.717) is 5.03 Å². The van der Waals surface area contributed by atoms with Gasteiger partial charge in [-0.25, -0.2) is 0 Å². The smallest absolute Gasteiger partial charge is 0.118 e. The maximum absolute atomic E-state index is 5.99. The number of hydrogen-bond donors (Lipinski definition) is 0. The van der Waals surface area contributed by atoms with Gasteiger partial charge in [0.25, 0.3) is 0 Å². The lowest BCUT2D eigenvalue weighted by molar-refractivity contribution is 0.720. The standard InChI is InChI=1S/C9H7Cl2/c1-3-9(11)5-4-8(10)6-7(9)2/h1,4-7H,2H2. The molecule has 1 aliphatic carbocycles. The van der Waals surface area contributed by atoms with Crippen molar-refractivity contribution in [3.8, 4) is 12.3 Å². The van der Waals surface area contributed by atoms with Crippen LogP contribution in [-0.4, -0.2) is 4.87 Å². The molecule has 57 valence electrons. The van der Waals surface area contributed by atoms with E-state index in [1.54, 1.807) is 18.2 Å². The topological polar surface area (TPSA) is 0 Å². The van der Waals surface area contributed by atoms with Gasteiger partial charge >= 0.3 is 0 Å². The predicted molar refractivity (Wildman–Crippen MR) is 49.3 cm³/mol. The number of allylic oxidation sites excluding steroid dienone is 4. The van der Waals surface area contributed by atoms with E-state index in [4.69, 9.17) is 29.6 Å². The minimum atomic E-state index is -0.793. The van der Waals surface area contributed by atoms with Crippen LogP contribution in [0, 0.1) is 25.2 Å². The highest BCUT2D eigenvalue weighted by Crippen LogP contribution is 2.32. The molecule has 2 unspecified atom stereocenters.